The van der Waals surface area contributed by atoms with Crippen LogP contribution in [-0.4, -0.2) is 35.1 Å². The SMILES string of the molecule is CC1CCCN(C2CC(C#CC(=O)O)C2)C1. The molecule has 3 nitrogen and oxygen atoms in total. The van der Waals surface area contributed by atoms with E-state index < -0.39 is 5.97 Å². The first-order chi connectivity index (χ1) is 7.65. The Morgan fingerprint density at radius 1 is 1.44 bits per heavy atom. The number of likely N-dealkylation sites (tertiary alicyclic amines) is 1. The molecule has 1 unspecified atom stereocenters. The van der Waals surface area contributed by atoms with Crippen LogP contribution in [0.4, 0.5) is 0 Å². The molecule has 0 amide bonds. The van der Waals surface area contributed by atoms with Gasteiger partial charge in [-0.2, -0.15) is 0 Å². The Labute approximate surface area is 96.8 Å². The van der Waals surface area contributed by atoms with E-state index in [2.05, 4.69) is 23.7 Å². The van der Waals surface area contributed by atoms with Crippen molar-refractivity contribution in [2.45, 2.75) is 38.6 Å². The van der Waals surface area contributed by atoms with Crippen LogP contribution in [-0.2, 0) is 4.79 Å². The van der Waals surface area contributed by atoms with Crippen molar-refractivity contribution in [3.63, 3.8) is 0 Å². The molecule has 88 valence electrons. The molecule has 0 bridgehead atoms. The van der Waals surface area contributed by atoms with Crippen molar-refractivity contribution in [2.75, 3.05) is 13.1 Å². The molecular formula is C13H19NO2. The Morgan fingerprint density at radius 2 is 2.19 bits per heavy atom. The Kier molecular flexibility index (Phi) is 3.50. The molecule has 3 heteroatoms. The van der Waals surface area contributed by atoms with Gasteiger partial charge in [0.2, 0.25) is 0 Å². The molecule has 16 heavy (non-hydrogen) atoms. The summed E-state index contributed by atoms with van der Waals surface area (Å²) in [6, 6.07) is 0.663. The number of hydrogen-bond donors (Lipinski definition) is 1. The van der Waals surface area contributed by atoms with E-state index in [1.54, 1.807) is 0 Å². The molecule has 1 heterocycles. The number of nitrogens with zero attached hydrogens (tertiary/aromatic N) is 1. The lowest BCUT2D eigenvalue weighted by Gasteiger charge is -2.44. The van der Waals surface area contributed by atoms with Crippen LogP contribution in [0.15, 0.2) is 0 Å². The van der Waals surface area contributed by atoms with E-state index in [1.165, 1.54) is 25.9 Å². The van der Waals surface area contributed by atoms with Gasteiger partial charge in [0.1, 0.15) is 0 Å². The highest BCUT2D eigenvalue weighted by Gasteiger charge is 2.34. The average Bonchev–Trinajstić information content (AvgIpc) is 2.14. The van der Waals surface area contributed by atoms with Gasteiger partial charge < -0.3 is 10.0 Å². The van der Waals surface area contributed by atoms with E-state index in [9.17, 15) is 4.79 Å². The number of carbonyl (C=O) groups is 1. The highest BCUT2D eigenvalue weighted by molar-refractivity contribution is 5.86. The van der Waals surface area contributed by atoms with Gasteiger partial charge in [-0.3, -0.25) is 0 Å². The van der Waals surface area contributed by atoms with E-state index in [1.807, 2.05) is 0 Å². The van der Waals surface area contributed by atoms with E-state index >= 15 is 0 Å². The van der Waals surface area contributed by atoms with Crippen LogP contribution < -0.4 is 0 Å². The summed E-state index contributed by atoms with van der Waals surface area (Å²) in [5.74, 6) is 5.18. The number of carboxylic acid groups (broad SMARTS) is 1. The molecule has 1 atom stereocenters. The lowest BCUT2D eigenvalue weighted by atomic mass is 9.78. The maximum atomic E-state index is 10.3. The summed E-state index contributed by atoms with van der Waals surface area (Å²) in [4.78, 5) is 12.8. The quantitative estimate of drug-likeness (QED) is 0.683. The van der Waals surface area contributed by atoms with Crippen LogP contribution in [0.25, 0.3) is 0 Å². The minimum Gasteiger partial charge on any atom is -0.472 e. The molecule has 1 aliphatic heterocycles. The van der Waals surface area contributed by atoms with Crippen LogP contribution in [0.5, 0.6) is 0 Å². The maximum Gasteiger partial charge on any atom is 0.381 e. The van der Waals surface area contributed by atoms with Gasteiger partial charge in [0.05, 0.1) is 0 Å². The lowest BCUT2D eigenvalue weighted by Crippen LogP contribution is -2.48. The zero-order valence-electron chi connectivity index (χ0n) is 9.78. The van der Waals surface area contributed by atoms with Crippen molar-refractivity contribution >= 4 is 5.97 Å². The van der Waals surface area contributed by atoms with Crippen molar-refractivity contribution in [3.05, 3.63) is 0 Å². The van der Waals surface area contributed by atoms with Gasteiger partial charge in [0.15, 0.2) is 0 Å². The Bertz CT molecular complexity index is 323. The third-order valence-corrected chi connectivity index (χ3v) is 3.70. The van der Waals surface area contributed by atoms with Gasteiger partial charge in [-0.05, 0) is 38.1 Å². The van der Waals surface area contributed by atoms with Crippen LogP contribution in [0, 0.1) is 23.7 Å². The Balaban J connectivity index is 1.76. The van der Waals surface area contributed by atoms with E-state index in [4.69, 9.17) is 5.11 Å². The highest BCUT2D eigenvalue weighted by atomic mass is 16.4. The summed E-state index contributed by atoms with van der Waals surface area (Å²) < 4.78 is 0. The minimum atomic E-state index is -1.00. The topological polar surface area (TPSA) is 40.5 Å². The molecular weight excluding hydrogens is 202 g/mol. The minimum absolute atomic E-state index is 0.318. The van der Waals surface area contributed by atoms with Gasteiger partial charge in [-0.15, -0.1) is 0 Å². The first-order valence-electron chi connectivity index (χ1n) is 6.13. The smallest absolute Gasteiger partial charge is 0.381 e. The number of aliphatic carboxylic acids is 1. The number of piperidine rings is 1. The van der Waals surface area contributed by atoms with Gasteiger partial charge in [-0.1, -0.05) is 12.8 Å². The predicted octanol–water partition coefficient (Wildman–Crippen LogP) is 1.58. The first kappa shape index (κ1) is 11.5. The van der Waals surface area contributed by atoms with E-state index in [0.29, 0.717) is 12.0 Å². The fraction of sp³-hybridized carbons (Fsp3) is 0.769. The molecule has 0 radical (unpaired) electrons. The number of carboxylic acids is 1. The summed E-state index contributed by atoms with van der Waals surface area (Å²) in [6.07, 6.45) is 4.79. The van der Waals surface area contributed by atoms with Crippen molar-refractivity contribution in [1.29, 1.82) is 0 Å². The average molecular weight is 221 g/mol. The first-order valence-corrected chi connectivity index (χ1v) is 6.13. The Morgan fingerprint density at radius 3 is 2.81 bits per heavy atom. The van der Waals surface area contributed by atoms with Crippen LogP contribution in [0.2, 0.25) is 0 Å². The fourth-order valence-corrected chi connectivity index (χ4v) is 2.72. The molecule has 1 N–H and O–H groups in total. The summed E-state index contributed by atoms with van der Waals surface area (Å²) in [7, 11) is 0. The van der Waals surface area contributed by atoms with Crippen LogP contribution >= 0.6 is 0 Å². The molecule has 2 fully saturated rings. The van der Waals surface area contributed by atoms with Gasteiger partial charge in [0.25, 0.3) is 0 Å². The molecule has 1 aliphatic carbocycles. The van der Waals surface area contributed by atoms with Gasteiger partial charge >= 0.3 is 5.97 Å². The molecule has 0 aromatic rings. The standard InChI is InChI=1S/C13H19NO2/c1-10-3-2-6-14(9-10)12-7-11(8-12)4-5-13(15)16/h10-12H,2-3,6-9H2,1H3,(H,15,16). The second-order valence-corrected chi connectivity index (χ2v) is 5.14. The molecule has 0 aromatic heterocycles. The van der Waals surface area contributed by atoms with Crippen molar-refractivity contribution < 1.29 is 9.90 Å². The van der Waals surface area contributed by atoms with Crippen LogP contribution in [0.3, 0.4) is 0 Å². The van der Waals surface area contributed by atoms with Crippen molar-refractivity contribution in [2.24, 2.45) is 11.8 Å². The monoisotopic (exact) mass is 221 g/mol. The van der Waals surface area contributed by atoms with E-state index in [-0.39, 0.29) is 0 Å². The molecule has 0 aromatic carbocycles. The number of rotatable bonds is 1. The summed E-state index contributed by atoms with van der Waals surface area (Å²) in [5, 5.41) is 8.45. The molecule has 1 saturated heterocycles. The van der Waals surface area contributed by atoms with Gasteiger partial charge in [-0.25, -0.2) is 4.79 Å². The van der Waals surface area contributed by atoms with Crippen molar-refractivity contribution in [1.82, 2.24) is 4.90 Å². The lowest BCUT2D eigenvalue weighted by molar-refractivity contribution is -0.130. The zero-order chi connectivity index (χ0) is 11.5. The second-order valence-electron chi connectivity index (χ2n) is 5.14. The molecule has 2 rings (SSSR count). The van der Waals surface area contributed by atoms with Gasteiger partial charge in [0, 0.05) is 24.4 Å². The largest absolute Gasteiger partial charge is 0.472 e. The number of hydrogen-bond acceptors (Lipinski definition) is 2. The van der Waals surface area contributed by atoms with Crippen LogP contribution in [0.1, 0.15) is 32.6 Å². The second kappa shape index (κ2) is 4.88. The third kappa shape index (κ3) is 2.76. The summed E-state index contributed by atoms with van der Waals surface area (Å²) >= 11 is 0. The predicted molar refractivity (Wildman–Crippen MR) is 61.9 cm³/mol. The normalized spacial score (nSPS) is 34.7. The van der Waals surface area contributed by atoms with E-state index in [0.717, 1.165) is 18.8 Å². The summed E-state index contributed by atoms with van der Waals surface area (Å²) in [5.41, 5.74) is 0. The molecule has 2 aliphatic rings. The highest BCUT2D eigenvalue weighted by Crippen LogP contribution is 2.33. The summed E-state index contributed by atoms with van der Waals surface area (Å²) in [6.45, 7) is 4.74. The third-order valence-electron chi connectivity index (χ3n) is 3.70. The molecule has 1 saturated carbocycles. The fourth-order valence-electron chi connectivity index (χ4n) is 2.72. The zero-order valence-corrected chi connectivity index (χ0v) is 9.78. The van der Waals surface area contributed by atoms with Crippen molar-refractivity contribution in [3.8, 4) is 11.8 Å². The maximum absolute atomic E-state index is 10.3. The Hall–Kier alpha value is -1.01. The molecule has 0 spiro atoms.